The number of nitrogens with one attached hydrogen (secondary N) is 1. The number of benzene rings is 1. The van der Waals surface area contributed by atoms with E-state index in [1.165, 1.54) is 24.9 Å². The van der Waals surface area contributed by atoms with E-state index in [1.54, 1.807) is 0 Å². The average Bonchev–Trinajstić information content (AvgIpc) is 2.97. The summed E-state index contributed by atoms with van der Waals surface area (Å²) in [6, 6.07) is 6.69. The molecule has 1 heterocycles. The maximum atomic E-state index is 5.41. The minimum absolute atomic E-state index is 0.341. The maximum absolute atomic E-state index is 5.41. The Hall–Kier alpha value is -1.26. The van der Waals surface area contributed by atoms with Crippen molar-refractivity contribution in [3.63, 3.8) is 0 Å². The van der Waals surface area contributed by atoms with Crippen molar-refractivity contribution in [2.45, 2.75) is 46.2 Å². The Bertz CT molecular complexity index is 433. The van der Waals surface area contributed by atoms with E-state index in [-0.39, 0.29) is 0 Å². The molecule has 21 heavy (non-hydrogen) atoms. The predicted octanol–water partition coefficient (Wildman–Crippen LogP) is 3.02. The first-order chi connectivity index (χ1) is 10.2. The van der Waals surface area contributed by atoms with Gasteiger partial charge >= 0.3 is 0 Å². The van der Waals surface area contributed by atoms with Crippen LogP contribution in [0.5, 0.6) is 11.5 Å². The summed E-state index contributed by atoms with van der Waals surface area (Å²) < 4.78 is 10.7. The average molecular weight is 292 g/mol. The number of ether oxygens (including phenoxy) is 2. The van der Waals surface area contributed by atoms with Gasteiger partial charge in [0.05, 0.1) is 0 Å². The standard InChI is InChI=1S/C17H28N2O2/c1-4-19(5-2)10-6-7-14(3)18-12-15-8-9-16-17(11-15)21-13-20-16/h8-9,11,14,18H,4-7,10,12-13H2,1-3H3. The summed E-state index contributed by atoms with van der Waals surface area (Å²) >= 11 is 0. The van der Waals surface area contributed by atoms with Crippen LogP contribution in [-0.4, -0.2) is 37.4 Å². The van der Waals surface area contributed by atoms with Crippen LogP contribution in [0.25, 0.3) is 0 Å². The van der Waals surface area contributed by atoms with Gasteiger partial charge < -0.3 is 19.7 Å². The second kappa shape index (κ2) is 8.25. The van der Waals surface area contributed by atoms with Crippen LogP contribution in [0, 0.1) is 0 Å². The third-order valence-corrected chi connectivity index (χ3v) is 4.10. The third-order valence-electron chi connectivity index (χ3n) is 4.10. The van der Waals surface area contributed by atoms with Gasteiger partial charge in [0.1, 0.15) is 0 Å². The molecule has 4 nitrogen and oxygen atoms in total. The van der Waals surface area contributed by atoms with Crippen molar-refractivity contribution in [2.24, 2.45) is 0 Å². The first-order valence-corrected chi connectivity index (χ1v) is 8.07. The molecule has 1 atom stereocenters. The van der Waals surface area contributed by atoms with E-state index >= 15 is 0 Å². The zero-order valence-electron chi connectivity index (χ0n) is 13.5. The summed E-state index contributed by atoms with van der Waals surface area (Å²) in [5, 5.41) is 3.58. The Morgan fingerprint density at radius 2 is 1.95 bits per heavy atom. The van der Waals surface area contributed by atoms with E-state index in [1.807, 2.05) is 6.07 Å². The maximum Gasteiger partial charge on any atom is 0.231 e. The van der Waals surface area contributed by atoms with Crippen LogP contribution in [0.15, 0.2) is 18.2 Å². The van der Waals surface area contributed by atoms with E-state index < -0.39 is 0 Å². The van der Waals surface area contributed by atoms with E-state index in [0.717, 1.165) is 31.1 Å². The van der Waals surface area contributed by atoms with Crippen LogP contribution < -0.4 is 14.8 Å². The summed E-state index contributed by atoms with van der Waals surface area (Å²) in [6.45, 7) is 11.4. The molecule has 1 aromatic rings. The monoisotopic (exact) mass is 292 g/mol. The van der Waals surface area contributed by atoms with Gasteiger partial charge in [0, 0.05) is 12.6 Å². The van der Waals surface area contributed by atoms with E-state index in [9.17, 15) is 0 Å². The minimum Gasteiger partial charge on any atom is -0.454 e. The molecule has 1 N–H and O–H groups in total. The van der Waals surface area contributed by atoms with Crippen molar-refractivity contribution in [1.29, 1.82) is 0 Å². The minimum atomic E-state index is 0.341. The van der Waals surface area contributed by atoms with Crippen LogP contribution in [0.3, 0.4) is 0 Å². The first kappa shape index (κ1) is 16.1. The van der Waals surface area contributed by atoms with Crippen molar-refractivity contribution in [2.75, 3.05) is 26.4 Å². The number of hydrogen-bond acceptors (Lipinski definition) is 4. The molecule has 1 aliphatic rings. The van der Waals surface area contributed by atoms with Crippen LogP contribution >= 0.6 is 0 Å². The van der Waals surface area contributed by atoms with Crippen molar-refractivity contribution < 1.29 is 9.47 Å². The van der Waals surface area contributed by atoms with Gasteiger partial charge in [-0.3, -0.25) is 0 Å². The van der Waals surface area contributed by atoms with Crippen molar-refractivity contribution in [3.8, 4) is 11.5 Å². The Balaban J connectivity index is 1.68. The molecule has 0 saturated heterocycles. The lowest BCUT2D eigenvalue weighted by molar-refractivity contribution is 0.174. The lowest BCUT2D eigenvalue weighted by Gasteiger charge is -2.19. The smallest absolute Gasteiger partial charge is 0.231 e. The molecule has 0 radical (unpaired) electrons. The normalized spacial score (nSPS) is 14.7. The molecule has 0 bridgehead atoms. The van der Waals surface area contributed by atoms with E-state index in [2.05, 4.69) is 43.1 Å². The summed E-state index contributed by atoms with van der Waals surface area (Å²) in [7, 11) is 0. The fourth-order valence-corrected chi connectivity index (χ4v) is 2.61. The zero-order valence-corrected chi connectivity index (χ0v) is 13.5. The number of hydrogen-bond donors (Lipinski definition) is 1. The quantitative estimate of drug-likeness (QED) is 0.758. The molecule has 118 valence electrons. The molecular formula is C17H28N2O2. The largest absolute Gasteiger partial charge is 0.454 e. The van der Waals surface area contributed by atoms with Crippen LogP contribution in [0.1, 0.15) is 39.2 Å². The summed E-state index contributed by atoms with van der Waals surface area (Å²) in [5.74, 6) is 1.72. The lowest BCUT2D eigenvalue weighted by Crippen LogP contribution is -2.28. The molecule has 0 aromatic heterocycles. The second-order valence-electron chi connectivity index (χ2n) is 5.64. The number of nitrogens with zero attached hydrogens (tertiary/aromatic N) is 1. The highest BCUT2D eigenvalue weighted by Crippen LogP contribution is 2.32. The highest BCUT2D eigenvalue weighted by molar-refractivity contribution is 5.44. The summed E-state index contributed by atoms with van der Waals surface area (Å²) in [4.78, 5) is 2.48. The number of rotatable bonds is 9. The van der Waals surface area contributed by atoms with E-state index in [0.29, 0.717) is 12.8 Å². The Kier molecular flexibility index (Phi) is 6.33. The van der Waals surface area contributed by atoms with Crippen LogP contribution in [0.4, 0.5) is 0 Å². The van der Waals surface area contributed by atoms with Gasteiger partial charge in [-0.05, 0) is 57.1 Å². The molecule has 2 rings (SSSR count). The summed E-state index contributed by atoms with van der Waals surface area (Å²) in [6.07, 6.45) is 2.46. The zero-order chi connectivity index (χ0) is 15.1. The molecule has 0 aliphatic carbocycles. The van der Waals surface area contributed by atoms with Gasteiger partial charge in [0.15, 0.2) is 11.5 Å². The Morgan fingerprint density at radius 3 is 2.71 bits per heavy atom. The molecule has 0 amide bonds. The third kappa shape index (κ3) is 4.90. The van der Waals surface area contributed by atoms with Gasteiger partial charge in [-0.15, -0.1) is 0 Å². The lowest BCUT2D eigenvalue weighted by atomic mass is 10.1. The SMILES string of the molecule is CCN(CC)CCCC(C)NCc1ccc2c(c1)OCO2. The predicted molar refractivity (Wildman–Crippen MR) is 85.9 cm³/mol. The Morgan fingerprint density at radius 1 is 1.19 bits per heavy atom. The fourth-order valence-electron chi connectivity index (χ4n) is 2.61. The fraction of sp³-hybridized carbons (Fsp3) is 0.647. The molecule has 1 unspecified atom stereocenters. The van der Waals surface area contributed by atoms with Crippen LogP contribution in [-0.2, 0) is 6.54 Å². The molecule has 4 heteroatoms. The number of fused-ring (bicyclic) bond motifs is 1. The summed E-state index contributed by atoms with van der Waals surface area (Å²) in [5.41, 5.74) is 1.25. The second-order valence-corrected chi connectivity index (χ2v) is 5.64. The molecular weight excluding hydrogens is 264 g/mol. The Labute approximate surface area is 128 Å². The topological polar surface area (TPSA) is 33.7 Å². The van der Waals surface area contributed by atoms with Crippen molar-refractivity contribution >= 4 is 0 Å². The molecule has 0 fully saturated rings. The first-order valence-electron chi connectivity index (χ1n) is 8.07. The van der Waals surface area contributed by atoms with Gasteiger partial charge in [-0.2, -0.15) is 0 Å². The highest BCUT2D eigenvalue weighted by atomic mass is 16.7. The van der Waals surface area contributed by atoms with Crippen molar-refractivity contribution in [3.05, 3.63) is 23.8 Å². The van der Waals surface area contributed by atoms with Crippen molar-refractivity contribution in [1.82, 2.24) is 10.2 Å². The van der Waals surface area contributed by atoms with Gasteiger partial charge in [0.25, 0.3) is 0 Å². The van der Waals surface area contributed by atoms with E-state index in [4.69, 9.17) is 9.47 Å². The molecule has 1 aliphatic heterocycles. The highest BCUT2D eigenvalue weighted by Gasteiger charge is 2.13. The molecule has 0 saturated carbocycles. The van der Waals surface area contributed by atoms with Gasteiger partial charge in [0.2, 0.25) is 6.79 Å². The van der Waals surface area contributed by atoms with Gasteiger partial charge in [-0.25, -0.2) is 0 Å². The molecule has 1 aromatic carbocycles. The van der Waals surface area contributed by atoms with Gasteiger partial charge in [-0.1, -0.05) is 19.9 Å². The van der Waals surface area contributed by atoms with Crippen LogP contribution in [0.2, 0.25) is 0 Å². The molecule has 0 spiro atoms.